The summed E-state index contributed by atoms with van der Waals surface area (Å²) in [5.41, 5.74) is 0.545. The van der Waals surface area contributed by atoms with Crippen molar-refractivity contribution in [1.29, 1.82) is 0 Å². The molecule has 1 aromatic carbocycles. The van der Waals surface area contributed by atoms with Crippen molar-refractivity contribution in [2.45, 2.75) is 19.8 Å². The van der Waals surface area contributed by atoms with Crippen LogP contribution in [0.2, 0.25) is 0 Å². The summed E-state index contributed by atoms with van der Waals surface area (Å²) in [5.74, 6) is -1.06. The van der Waals surface area contributed by atoms with E-state index in [1.807, 2.05) is 6.92 Å². The van der Waals surface area contributed by atoms with Crippen LogP contribution in [0.15, 0.2) is 18.2 Å². The van der Waals surface area contributed by atoms with Gasteiger partial charge in [-0.1, -0.05) is 6.92 Å². The SMILES string of the molecule is CCCOCCC(=O)Nc1ccc(C(=O)O)c(OC)c1. The van der Waals surface area contributed by atoms with Gasteiger partial charge in [0.05, 0.1) is 20.1 Å². The average molecular weight is 281 g/mol. The first kappa shape index (κ1) is 16.0. The predicted molar refractivity (Wildman–Crippen MR) is 74.3 cm³/mol. The Morgan fingerprint density at radius 2 is 2.05 bits per heavy atom. The van der Waals surface area contributed by atoms with E-state index in [-0.39, 0.29) is 23.6 Å². The van der Waals surface area contributed by atoms with Crippen LogP contribution in [0.4, 0.5) is 5.69 Å². The molecule has 20 heavy (non-hydrogen) atoms. The summed E-state index contributed by atoms with van der Waals surface area (Å²) in [7, 11) is 1.38. The maximum atomic E-state index is 11.6. The van der Waals surface area contributed by atoms with Crippen molar-refractivity contribution in [1.82, 2.24) is 0 Å². The van der Waals surface area contributed by atoms with Gasteiger partial charge in [0.1, 0.15) is 11.3 Å². The van der Waals surface area contributed by atoms with Crippen molar-refractivity contribution in [3.05, 3.63) is 23.8 Å². The Morgan fingerprint density at radius 3 is 2.65 bits per heavy atom. The third-order valence-corrected chi connectivity index (χ3v) is 2.54. The first-order valence-electron chi connectivity index (χ1n) is 6.37. The van der Waals surface area contributed by atoms with E-state index in [1.165, 1.54) is 25.3 Å². The normalized spacial score (nSPS) is 10.1. The van der Waals surface area contributed by atoms with Gasteiger partial charge in [0.2, 0.25) is 5.91 Å². The fraction of sp³-hybridized carbons (Fsp3) is 0.429. The molecule has 0 fully saturated rings. The zero-order valence-electron chi connectivity index (χ0n) is 11.6. The van der Waals surface area contributed by atoms with Gasteiger partial charge in [0.25, 0.3) is 0 Å². The molecule has 0 spiro atoms. The van der Waals surface area contributed by atoms with Gasteiger partial charge in [-0.2, -0.15) is 0 Å². The number of carbonyl (C=O) groups excluding carboxylic acids is 1. The van der Waals surface area contributed by atoms with Crippen molar-refractivity contribution in [2.75, 3.05) is 25.6 Å². The monoisotopic (exact) mass is 281 g/mol. The lowest BCUT2D eigenvalue weighted by Gasteiger charge is -2.09. The van der Waals surface area contributed by atoms with Crippen molar-refractivity contribution in [2.24, 2.45) is 0 Å². The molecule has 1 rings (SSSR count). The van der Waals surface area contributed by atoms with E-state index in [9.17, 15) is 9.59 Å². The summed E-state index contributed by atoms with van der Waals surface area (Å²) < 4.78 is 10.2. The second kappa shape index (κ2) is 8.16. The molecular formula is C14H19NO5. The summed E-state index contributed by atoms with van der Waals surface area (Å²) in [5, 5.41) is 11.6. The van der Waals surface area contributed by atoms with Crippen LogP contribution >= 0.6 is 0 Å². The number of amides is 1. The first-order chi connectivity index (χ1) is 9.58. The number of rotatable bonds is 8. The molecule has 6 heteroatoms. The molecule has 1 aromatic rings. The van der Waals surface area contributed by atoms with Crippen molar-refractivity contribution >= 4 is 17.6 Å². The fourth-order valence-corrected chi connectivity index (χ4v) is 1.58. The van der Waals surface area contributed by atoms with Crippen molar-refractivity contribution in [3.63, 3.8) is 0 Å². The standard InChI is InChI=1S/C14H19NO5/c1-3-7-20-8-6-13(16)15-10-4-5-11(14(17)18)12(9-10)19-2/h4-5,9H,3,6-8H2,1-2H3,(H,15,16)(H,17,18). The van der Waals surface area contributed by atoms with Crippen LogP contribution in [0, 0.1) is 0 Å². The summed E-state index contributed by atoms with van der Waals surface area (Å²) in [6.07, 6.45) is 1.17. The number of hydrogen-bond acceptors (Lipinski definition) is 4. The Hall–Kier alpha value is -2.08. The number of hydrogen-bond donors (Lipinski definition) is 2. The minimum absolute atomic E-state index is 0.0526. The number of carboxylic acid groups (broad SMARTS) is 1. The smallest absolute Gasteiger partial charge is 0.339 e. The Balaban J connectivity index is 2.59. The van der Waals surface area contributed by atoms with Crippen LogP contribution in [0.1, 0.15) is 30.1 Å². The maximum absolute atomic E-state index is 11.6. The summed E-state index contributed by atoms with van der Waals surface area (Å²) >= 11 is 0. The molecule has 0 aromatic heterocycles. The number of ether oxygens (including phenoxy) is 2. The van der Waals surface area contributed by atoms with Crippen LogP contribution in [0.25, 0.3) is 0 Å². The molecule has 0 aliphatic carbocycles. The van der Waals surface area contributed by atoms with Crippen molar-refractivity contribution < 1.29 is 24.2 Å². The molecule has 0 radical (unpaired) electrons. The Labute approximate surface area is 117 Å². The number of benzene rings is 1. The van der Waals surface area contributed by atoms with E-state index in [4.69, 9.17) is 14.6 Å². The number of methoxy groups -OCH3 is 1. The number of anilines is 1. The molecule has 1 amide bonds. The van der Waals surface area contributed by atoms with Gasteiger partial charge in [-0.05, 0) is 18.6 Å². The highest BCUT2D eigenvalue weighted by atomic mass is 16.5. The van der Waals surface area contributed by atoms with Gasteiger partial charge in [0.15, 0.2) is 0 Å². The zero-order chi connectivity index (χ0) is 15.0. The molecule has 0 bridgehead atoms. The number of nitrogens with one attached hydrogen (secondary N) is 1. The lowest BCUT2D eigenvalue weighted by molar-refractivity contribution is -0.117. The first-order valence-corrected chi connectivity index (χ1v) is 6.37. The molecule has 0 saturated heterocycles. The van der Waals surface area contributed by atoms with Gasteiger partial charge in [0, 0.05) is 18.4 Å². The second-order valence-electron chi connectivity index (χ2n) is 4.13. The minimum atomic E-state index is -1.08. The zero-order valence-corrected chi connectivity index (χ0v) is 11.6. The predicted octanol–water partition coefficient (Wildman–Crippen LogP) is 2.15. The van der Waals surface area contributed by atoms with E-state index in [1.54, 1.807) is 0 Å². The number of carboxylic acids is 1. The summed E-state index contributed by atoms with van der Waals surface area (Å²) in [6, 6.07) is 4.40. The third-order valence-electron chi connectivity index (χ3n) is 2.54. The number of carbonyl (C=O) groups is 2. The summed E-state index contributed by atoms with van der Waals surface area (Å²) in [6.45, 7) is 2.99. The van der Waals surface area contributed by atoms with Crippen LogP contribution in [-0.4, -0.2) is 37.3 Å². The molecule has 0 aliphatic rings. The highest BCUT2D eigenvalue weighted by Crippen LogP contribution is 2.23. The van der Waals surface area contributed by atoms with Crippen LogP contribution in [-0.2, 0) is 9.53 Å². The molecule has 0 aliphatic heterocycles. The van der Waals surface area contributed by atoms with Gasteiger partial charge < -0.3 is 19.9 Å². The van der Waals surface area contributed by atoms with E-state index in [2.05, 4.69) is 5.32 Å². The molecule has 0 saturated carbocycles. The molecule has 110 valence electrons. The van der Waals surface area contributed by atoms with Gasteiger partial charge >= 0.3 is 5.97 Å². The van der Waals surface area contributed by atoms with Gasteiger partial charge in [-0.3, -0.25) is 4.79 Å². The van der Waals surface area contributed by atoms with Gasteiger partial charge in [-0.15, -0.1) is 0 Å². The maximum Gasteiger partial charge on any atom is 0.339 e. The lowest BCUT2D eigenvalue weighted by Crippen LogP contribution is -2.14. The lowest BCUT2D eigenvalue weighted by atomic mass is 10.2. The Kier molecular flexibility index (Phi) is 6.52. The Bertz CT molecular complexity index is 473. The average Bonchev–Trinajstić information content (AvgIpc) is 2.43. The topological polar surface area (TPSA) is 84.9 Å². The minimum Gasteiger partial charge on any atom is -0.496 e. The highest BCUT2D eigenvalue weighted by Gasteiger charge is 2.12. The van der Waals surface area contributed by atoms with E-state index < -0.39 is 5.97 Å². The highest BCUT2D eigenvalue weighted by molar-refractivity contribution is 5.94. The van der Waals surface area contributed by atoms with E-state index in [0.717, 1.165) is 6.42 Å². The second-order valence-corrected chi connectivity index (χ2v) is 4.13. The largest absolute Gasteiger partial charge is 0.496 e. The molecule has 6 nitrogen and oxygen atoms in total. The number of aromatic carboxylic acids is 1. The van der Waals surface area contributed by atoms with Crippen molar-refractivity contribution in [3.8, 4) is 5.75 Å². The molecule has 0 unspecified atom stereocenters. The molecule has 0 atom stereocenters. The third kappa shape index (κ3) is 4.89. The summed E-state index contributed by atoms with van der Waals surface area (Å²) in [4.78, 5) is 22.6. The van der Waals surface area contributed by atoms with Crippen LogP contribution < -0.4 is 10.1 Å². The van der Waals surface area contributed by atoms with E-state index >= 15 is 0 Å². The quantitative estimate of drug-likeness (QED) is 0.713. The van der Waals surface area contributed by atoms with Gasteiger partial charge in [-0.25, -0.2) is 4.79 Å². The Morgan fingerprint density at radius 1 is 1.30 bits per heavy atom. The fourth-order valence-electron chi connectivity index (χ4n) is 1.58. The molecule has 2 N–H and O–H groups in total. The van der Waals surface area contributed by atoms with E-state index in [0.29, 0.717) is 18.9 Å². The molecule has 0 heterocycles. The molecular weight excluding hydrogens is 262 g/mol. The van der Waals surface area contributed by atoms with Crippen LogP contribution in [0.3, 0.4) is 0 Å². The van der Waals surface area contributed by atoms with Crippen LogP contribution in [0.5, 0.6) is 5.75 Å².